The van der Waals surface area contributed by atoms with E-state index in [1.807, 2.05) is 0 Å². The minimum absolute atomic E-state index is 0.369. The molecule has 0 amide bonds. The van der Waals surface area contributed by atoms with Crippen molar-refractivity contribution in [2.75, 3.05) is 6.61 Å². The maximum Gasteiger partial charge on any atom is 0.105 e. The third-order valence-electron chi connectivity index (χ3n) is 2.65. The lowest BCUT2D eigenvalue weighted by molar-refractivity contribution is 0.282. The van der Waals surface area contributed by atoms with E-state index >= 15 is 0 Å². The van der Waals surface area contributed by atoms with E-state index in [2.05, 4.69) is 14.1 Å². The minimum Gasteiger partial charge on any atom is -0.396 e. The number of hydrogen-bond donors (Lipinski definition) is 1. The molecule has 83 valence electrons. The highest BCUT2D eigenvalue weighted by molar-refractivity contribution is 6.33. The summed E-state index contributed by atoms with van der Waals surface area (Å²) in [4.78, 5) is 0. The molecule has 0 aromatic carbocycles. The second kappa shape index (κ2) is 13.0. The second-order valence-electron chi connectivity index (χ2n) is 4.10. The Kier molecular flexibility index (Phi) is 13.0. The van der Waals surface area contributed by atoms with Crippen LogP contribution in [0.25, 0.3) is 0 Å². The van der Waals surface area contributed by atoms with Gasteiger partial charge in [0, 0.05) is 6.61 Å². The first kappa shape index (κ1) is 14.0. The van der Waals surface area contributed by atoms with Crippen molar-refractivity contribution in [2.45, 2.75) is 70.9 Å². The van der Waals surface area contributed by atoms with E-state index in [1.165, 1.54) is 57.7 Å². The predicted octanol–water partition coefficient (Wildman–Crippen LogP) is 3.66. The van der Waals surface area contributed by atoms with Crippen LogP contribution in [-0.4, -0.2) is 19.0 Å². The molecule has 0 aromatic heterocycles. The van der Waals surface area contributed by atoms with Crippen molar-refractivity contribution in [3.8, 4) is 0 Å². The highest BCUT2D eigenvalue weighted by Crippen LogP contribution is 2.10. The normalized spacial score (nSPS) is 10.4. The summed E-state index contributed by atoms with van der Waals surface area (Å²) >= 11 is 0. The van der Waals surface area contributed by atoms with E-state index < -0.39 is 0 Å². The molecule has 0 aliphatic carbocycles. The molecule has 2 heteroatoms. The Balaban J connectivity index is 2.78. The Labute approximate surface area is 90.5 Å². The molecular formula is C12H26BO. The van der Waals surface area contributed by atoms with E-state index in [0.29, 0.717) is 6.61 Å². The van der Waals surface area contributed by atoms with Gasteiger partial charge in [0.25, 0.3) is 0 Å². The van der Waals surface area contributed by atoms with Gasteiger partial charge in [-0.1, -0.05) is 64.5 Å². The van der Waals surface area contributed by atoms with Gasteiger partial charge in [-0.2, -0.15) is 0 Å². The highest BCUT2D eigenvalue weighted by atomic mass is 16.2. The lowest BCUT2D eigenvalue weighted by Crippen LogP contribution is -1.85. The van der Waals surface area contributed by atoms with Crippen LogP contribution in [-0.2, 0) is 0 Å². The Morgan fingerprint density at radius 3 is 1.57 bits per heavy atom. The molecule has 0 unspecified atom stereocenters. The van der Waals surface area contributed by atoms with Crippen LogP contribution < -0.4 is 0 Å². The molecule has 0 bridgehead atoms. The molecule has 0 fully saturated rings. The van der Waals surface area contributed by atoms with E-state index in [1.54, 1.807) is 0 Å². The molecule has 1 nitrogen and oxygen atoms in total. The topological polar surface area (TPSA) is 20.2 Å². The molecule has 0 heterocycles. The van der Waals surface area contributed by atoms with Crippen molar-refractivity contribution in [1.29, 1.82) is 0 Å². The molecule has 0 aliphatic heterocycles. The fourth-order valence-corrected chi connectivity index (χ4v) is 1.70. The molecule has 0 aliphatic rings. The van der Waals surface area contributed by atoms with Gasteiger partial charge in [-0.3, -0.25) is 0 Å². The van der Waals surface area contributed by atoms with Gasteiger partial charge in [-0.25, -0.2) is 0 Å². The third kappa shape index (κ3) is 12.0. The molecule has 14 heavy (non-hydrogen) atoms. The van der Waals surface area contributed by atoms with Crippen LogP contribution in [0, 0.1) is 0 Å². The summed E-state index contributed by atoms with van der Waals surface area (Å²) in [6, 6.07) is 0. The zero-order chi connectivity index (χ0) is 10.5. The summed E-state index contributed by atoms with van der Waals surface area (Å²) < 4.78 is 0. The van der Waals surface area contributed by atoms with E-state index in [-0.39, 0.29) is 0 Å². The molecule has 0 spiro atoms. The maximum absolute atomic E-state index is 8.59. The van der Waals surface area contributed by atoms with Crippen molar-refractivity contribution >= 4 is 7.28 Å². The largest absolute Gasteiger partial charge is 0.396 e. The second-order valence-corrected chi connectivity index (χ2v) is 4.10. The van der Waals surface area contributed by atoms with Crippen molar-refractivity contribution in [3.63, 3.8) is 0 Å². The predicted molar refractivity (Wildman–Crippen MR) is 65.1 cm³/mol. The van der Waals surface area contributed by atoms with Gasteiger partial charge in [-0.15, -0.1) is 0 Å². The fraction of sp³-hybridized carbons (Fsp3) is 1.00. The van der Waals surface area contributed by atoms with Gasteiger partial charge in [0.1, 0.15) is 7.28 Å². The average molecular weight is 197 g/mol. The van der Waals surface area contributed by atoms with Gasteiger partial charge in [0.2, 0.25) is 0 Å². The van der Waals surface area contributed by atoms with Crippen LogP contribution >= 0.6 is 0 Å². The summed E-state index contributed by atoms with van der Waals surface area (Å²) in [5.41, 5.74) is 0. The molecule has 0 saturated heterocycles. The maximum atomic E-state index is 8.59. The molecule has 0 saturated carbocycles. The van der Waals surface area contributed by atoms with Crippen LogP contribution in [0.1, 0.15) is 57.8 Å². The van der Waals surface area contributed by atoms with Crippen LogP contribution in [0.5, 0.6) is 0 Å². The van der Waals surface area contributed by atoms with Gasteiger partial charge < -0.3 is 5.11 Å². The first-order valence-electron chi connectivity index (χ1n) is 6.30. The van der Waals surface area contributed by atoms with Crippen molar-refractivity contribution in [1.82, 2.24) is 0 Å². The molecule has 0 rings (SSSR count). The van der Waals surface area contributed by atoms with E-state index in [4.69, 9.17) is 5.11 Å². The summed E-state index contributed by atoms with van der Waals surface area (Å²) in [5, 5.41) is 8.59. The van der Waals surface area contributed by atoms with Gasteiger partial charge in [0.05, 0.1) is 0 Å². The smallest absolute Gasteiger partial charge is 0.105 e. The summed E-state index contributed by atoms with van der Waals surface area (Å²) in [5.74, 6) is 0. The third-order valence-corrected chi connectivity index (χ3v) is 2.65. The number of hydrogen-bond acceptors (Lipinski definition) is 1. The Bertz CT molecular complexity index is 84.3. The summed E-state index contributed by atoms with van der Waals surface area (Å²) in [6.45, 7) is 2.51. The SMILES string of the molecule is C[B]CCCCCCCCCCCO. The lowest BCUT2D eigenvalue weighted by Gasteiger charge is -2.01. The molecule has 0 atom stereocenters. The Hall–Kier alpha value is 0.0249. The molecule has 0 aromatic rings. The summed E-state index contributed by atoms with van der Waals surface area (Å²) in [6.07, 6.45) is 13.1. The number of aliphatic hydroxyl groups is 1. The first-order chi connectivity index (χ1) is 6.91. The minimum atomic E-state index is 0.369. The molecule has 1 N–H and O–H groups in total. The van der Waals surface area contributed by atoms with Gasteiger partial charge >= 0.3 is 0 Å². The highest BCUT2D eigenvalue weighted by Gasteiger charge is 1.92. The van der Waals surface area contributed by atoms with Crippen molar-refractivity contribution in [3.05, 3.63) is 0 Å². The van der Waals surface area contributed by atoms with Crippen molar-refractivity contribution < 1.29 is 5.11 Å². The zero-order valence-corrected chi connectivity index (χ0v) is 9.80. The molecular weight excluding hydrogens is 171 g/mol. The number of rotatable bonds is 11. The number of unbranched alkanes of at least 4 members (excludes halogenated alkanes) is 8. The Morgan fingerprint density at radius 1 is 0.714 bits per heavy atom. The number of aliphatic hydroxyl groups excluding tert-OH is 1. The monoisotopic (exact) mass is 197 g/mol. The van der Waals surface area contributed by atoms with Crippen molar-refractivity contribution in [2.24, 2.45) is 0 Å². The van der Waals surface area contributed by atoms with Crippen LogP contribution in [0.15, 0.2) is 0 Å². The quantitative estimate of drug-likeness (QED) is 0.396. The first-order valence-corrected chi connectivity index (χ1v) is 6.30. The average Bonchev–Trinajstić information content (AvgIpc) is 2.21. The van der Waals surface area contributed by atoms with Crippen LogP contribution in [0.3, 0.4) is 0 Å². The lowest BCUT2D eigenvalue weighted by atomic mass is 9.76. The summed E-state index contributed by atoms with van der Waals surface area (Å²) in [7, 11) is 2.26. The van der Waals surface area contributed by atoms with Crippen LogP contribution in [0.4, 0.5) is 0 Å². The zero-order valence-electron chi connectivity index (χ0n) is 9.80. The van der Waals surface area contributed by atoms with Gasteiger partial charge in [-0.05, 0) is 6.42 Å². The standard InChI is InChI=1S/C12H26BO/c1-13-11-9-7-5-3-2-4-6-8-10-12-14/h14H,2-12H2,1H3. The Morgan fingerprint density at radius 2 is 1.14 bits per heavy atom. The van der Waals surface area contributed by atoms with Gasteiger partial charge in [0.15, 0.2) is 0 Å². The van der Waals surface area contributed by atoms with E-state index in [0.717, 1.165) is 6.42 Å². The fourth-order valence-electron chi connectivity index (χ4n) is 1.70. The van der Waals surface area contributed by atoms with Crippen LogP contribution in [0.2, 0.25) is 13.1 Å². The van der Waals surface area contributed by atoms with E-state index in [9.17, 15) is 0 Å². The molecule has 1 radical (unpaired) electrons.